The quantitative estimate of drug-likeness (QED) is 0.441. The zero-order valence-electron chi connectivity index (χ0n) is 20.4. The van der Waals surface area contributed by atoms with Crippen LogP contribution < -0.4 is 10.8 Å². The van der Waals surface area contributed by atoms with Gasteiger partial charge in [0.2, 0.25) is 12.0 Å². The molecule has 0 bridgehead atoms. The molecule has 3 rings (SSSR count). The first kappa shape index (κ1) is 26.2. The van der Waals surface area contributed by atoms with Crippen LogP contribution in [0, 0.1) is 5.41 Å². The van der Waals surface area contributed by atoms with Crippen LogP contribution in [-0.4, -0.2) is 55.5 Å². The normalized spacial score (nSPS) is 14.4. The van der Waals surface area contributed by atoms with E-state index in [0.717, 1.165) is 22.3 Å². The van der Waals surface area contributed by atoms with Crippen LogP contribution in [0.2, 0.25) is 0 Å². The number of methoxy groups -OCH3 is 1. The molecule has 0 aromatic heterocycles. The molecule has 0 fully saturated rings. The zero-order valence-corrected chi connectivity index (χ0v) is 20.4. The standard InChI is InChI=1S/C26H32N2O7/c1-26(2,3)22(13-23(29)28-35-21(15-33-4)24(30)31)27-25(32)34-14-20-18-11-7-5-9-16(18)17-10-6-8-12-19(17)20/h5-12,20-22H,13-15H2,1-4H3,(H,27,32)(H,28,29)(H,30,31). The minimum atomic E-state index is -1.34. The summed E-state index contributed by atoms with van der Waals surface area (Å²) in [5.74, 6) is -1.92. The van der Waals surface area contributed by atoms with Crippen molar-refractivity contribution >= 4 is 18.0 Å². The first-order valence-electron chi connectivity index (χ1n) is 11.4. The van der Waals surface area contributed by atoms with E-state index in [-0.39, 0.29) is 25.6 Å². The lowest BCUT2D eigenvalue weighted by molar-refractivity contribution is -0.165. The fourth-order valence-corrected chi connectivity index (χ4v) is 4.03. The van der Waals surface area contributed by atoms with Gasteiger partial charge in [-0.15, -0.1) is 0 Å². The number of carboxylic acid groups (broad SMARTS) is 1. The van der Waals surface area contributed by atoms with Crippen LogP contribution >= 0.6 is 0 Å². The van der Waals surface area contributed by atoms with Crippen molar-refractivity contribution in [2.75, 3.05) is 20.3 Å². The smallest absolute Gasteiger partial charge is 0.407 e. The first-order valence-corrected chi connectivity index (χ1v) is 11.4. The van der Waals surface area contributed by atoms with Crippen molar-refractivity contribution in [2.24, 2.45) is 5.41 Å². The number of carbonyl (C=O) groups excluding carboxylic acids is 2. The average Bonchev–Trinajstić information content (AvgIpc) is 3.13. The summed E-state index contributed by atoms with van der Waals surface area (Å²) in [5.41, 5.74) is 6.13. The van der Waals surface area contributed by atoms with E-state index in [0.29, 0.717) is 0 Å². The van der Waals surface area contributed by atoms with Gasteiger partial charge in [0.05, 0.1) is 6.61 Å². The maximum Gasteiger partial charge on any atom is 0.407 e. The number of carboxylic acids is 1. The SMILES string of the molecule is COCC(ONC(=O)CC(NC(=O)OCC1c2ccccc2-c2ccccc21)C(C)(C)C)C(=O)O. The Labute approximate surface area is 204 Å². The van der Waals surface area contributed by atoms with Crippen LogP contribution in [0.3, 0.4) is 0 Å². The molecule has 2 aromatic carbocycles. The Balaban J connectivity index is 1.60. The van der Waals surface area contributed by atoms with E-state index in [9.17, 15) is 14.4 Å². The van der Waals surface area contributed by atoms with Gasteiger partial charge < -0.3 is 19.9 Å². The predicted molar refractivity (Wildman–Crippen MR) is 129 cm³/mol. The third-order valence-corrected chi connectivity index (χ3v) is 5.98. The van der Waals surface area contributed by atoms with Gasteiger partial charge >= 0.3 is 12.1 Å². The van der Waals surface area contributed by atoms with Crippen LogP contribution in [0.25, 0.3) is 11.1 Å². The summed E-state index contributed by atoms with van der Waals surface area (Å²) in [7, 11) is 1.33. The molecule has 0 heterocycles. The number of aliphatic carboxylic acids is 1. The summed E-state index contributed by atoms with van der Waals surface area (Å²) in [6.45, 7) is 5.56. The molecule has 9 heteroatoms. The van der Waals surface area contributed by atoms with Crippen molar-refractivity contribution in [1.82, 2.24) is 10.8 Å². The number of rotatable bonds is 10. The molecule has 0 aliphatic heterocycles. The van der Waals surface area contributed by atoms with Crippen LogP contribution in [0.15, 0.2) is 48.5 Å². The van der Waals surface area contributed by atoms with Gasteiger partial charge in [0.1, 0.15) is 6.61 Å². The van der Waals surface area contributed by atoms with Crippen molar-refractivity contribution in [3.8, 4) is 11.1 Å². The van der Waals surface area contributed by atoms with Gasteiger partial charge in [0.25, 0.3) is 0 Å². The topological polar surface area (TPSA) is 123 Å². The van der Waals surface area contributed by atoms with Crippen LogP contribution in [-0.2, 0) is 23.9 Å². The van der Waals surface area contributed by atoms with E-state index in [1.54, 1.807) is 0 Å². The third kappa shape index (κ3) is 6.58. The molecule has 9 nitrogen and oxygen atoms in total. The Hall–Kier alpha value is -3.43. The Morgan fingerprint density at radius 1 is 1.00 bits per heavy atom. The van der Waals surface area contributed by atoms with Gasteiger partial charge in [0, 0.05) is 25.5 Å². The highest BCUT2D eigenvalue weighted by atomic mass is 16.7. The summed E-state index contributed by atoms with van der Waals surface area (Å²) < 4.78 is 10.4. The summed E-state index contributed by atoms with van der Waals surface area (Å²) in [6, 6.07) is 15.5. The molecule has 0 saturated heterocycles. The minimum absolute atomic E-state index is 0.0772. The molecular formula is C26H32N2O7. The fraction of sp³-hybridized carbons (Fsp3) is 0.423. The molecule has 0 saturated carbocycles. The van der Waals surface area contributed by atoms with E-state index in [1.165, 1.54) is 7.11 Å². The predicted octanol–water partition coefficient (Wildman–Crippen LogP) is 3.48. The van der Waals surface area contributed by atoms with Gasteiger partial charge in [-0.2, -0.15) is 0 Å². The van der Waals surface area contributed by atoms with E-state index >= 15 is 0 Å². The fourth-order valence-electron chi connectivity index (χ4n) is 4.03. The molecular weight excluding hydrogens is 452 g/mol. The Kier molecular flexibility index (Phi) is 8.48. The molecule has 0 radical (unpaired) electrons. The molecule has 1 aliphatic carbocycles. The monoisotopic (exact) mass is 484 g/mol. The molecule has 1 aliphatic rings. The summed E-state index contributed by atoms with van der Waals surface area (Å²) in [6.07, 6.45) is -2.11. The highest BCUT2D eigenvalue weighted by Gasteiger charge is 2.32. The number of hydroxylamine groups is 1. The number of fused-ring (bicyclic) bond motifs is 3. The Morgan fingerprint density at radius 3 is 2.09 bits per heavy atom. The number of amides is 2. The van der Waals surface area contributed by atoms with E-state index in [2.05, 4.69) is 22.9 Å². The van der Waals surface area contributed by atoms with Gasteiger partial charge in [-0.3, -0.25) is 9.63 Å². The lowest BCUT2D eigenvalue weighted by Crippen LogP contribution is -2.47. The zero-order chi connectivity index (χ0) is 25.6. The molecule has 2 unspecified atom stereocenters. The number of benzene rings is 2. The summed E-state index contributed by atoms with van der Waals surface area (Å²) in [5, 5.41) is 11.9. The number of nitrogens with one attached hydrogen (secondary N) is 2. The third-order valence-electron chi connectivity index (χ3n) is 5.98. The van der Waals surface area contributed by atoms with Crippen molar-refractivity contribution in [3.05, 3.63) is 59.7 Å². The van der Waals surface area contributed by atoms with Gasteiger partial charge in [-0.25, -0.2) is 15.1 Å². The molecule has 35 heavy (non-hydrogen) atoms. The molecule has 2 amide bonds. The summed E-state index contributed by atoms with van der Waals surface area (Å²) in [4.78, 5) is 41.2. The lowest BCUT2D eigenvalue weighted by atomic mass is 9.84. The van der Waals surface area contributed by atoms with Gasteiger partial charge in [-0.1, -0.05) is 69.3 Å². The second-order valence-electron chi connectivity index (χ2n) is 9.52. The maximum absolute atomic E-state index is 12.7. The van der Waals surface area contributed by atoms with Crippen LogP contribution in [0.5, 0.6) is 0 Å². The van der Waals surface area contributed by atoms with Gasteiger partial charge in [-0.05, 0) is 27.7 Å². The van der Waals surface area contributed by atoms with E-state index in [1.807, 2.05) is 57.2 Å². The number of alkyl carbamates (subject to hydrolysis) is 1. The van der Waals surface area contributed by atoms with E-state index < -0.39 is 35.5 Å². The van der Waals surface area contributed by atoms with Crippen LogP contribution in [0.4, 0.5) is 4.79 Å². The highest BCUT2D eigenvalue weighted by Crippen LogP contribution is 2.44. The first-order chi connectivity index (χ1) is 16.6. The van der Waals surface area contributed by atoms with E-state index in [4.69, 9.17) is 19.4 Å². The Bertz CT molecular complexity index is 1020. The molecule has 0 spiro atoms. The highest BCUT2D eigenvalue weighted by molar-refractivity contribution is 5.79. The largest absolute Gasteiger partial charge is 0.479 e. The van der Waals surface area contributed by atoms with Crippen molar-refractivity contribution < 1.29 is 33.8 Å². The van der Waals surface area contributed by atoms with Crippen molar-refractivity contribution in [1.29, 1.82) is 0 Å². The Morgan fingerprint density at radius 2 is 1.57 bits per heavy atom. The van der Waals surface area contributed by atoms with Crippen LogP contribution in [0.1, 0.15) is 44.2 Å². The number of ether oxygens (including phenoxy) is 2. The number of hydrogen-bond acceptors (Lipinski definition) is 6. The second kappa shape index (κ2) is 11.3. The van der Waals surface area contributed by atoms with Crippen molar-refractivity contribution in [3.63, 3.8) is 0 Å². The summed E-state index contributed by atoms with van der Waals surface area (Å²) >= 11 is 0. The molecule has 3 N–H and O–H groups in total. The molecule has 2 atom stereocenters. The van der Waals surface area contributed by atoms with Gasteiger partial charge in [0.15, 0.2) is 0 Å². The van der Waals surface area contributed by atoms with Crippen molar-refractivity contribution in [2.45, 2.75) is 45.3 Å². The molecule has 188 valence electrons. The minimum Gasteiger partial charge on any atom is -0.479 e. The molecule has 2 aromatic rings. The lowest BCUT2D eigenvalue weighted by Gasteiger charge is -2.31. The maximum atomic E-state index is 12.7. The second-order valence-corrected chi connectivity index (χ2v) is 9.52. The number of hydrogen-bond donors (Lipinski definition) is 3. The number of carbonyl (C=O) groups is 3. The average molecular weight is 485 g/mol.